The molecule has 1 fully saturated rings. The molecule has 0 saturated heterocycles. The Labute approximate surface area is 116 Å². The van der Waals surface area contributed by atoms with Crippen LogP contribution in [0.4, 0.5) is 0 Å². The Morgan fingerprint density at radius 1 is 1.44 bits per heavy atom. The summed E-state index contributed by atoms with van der Waals surface area (Å²) in [7, 11) is 0. The van der Waals surface area contributed by atoms with Crippen LogP contribution in [0.15, 0.2) is 28.7 Å². The number of carbonyl (C=O) groups excluding carboxylic acids is 1. The fourth-order valence-electron chi connectivity index (χ4n) is 1.95. The maximum Gasteiger partial charge on any atom is 0.330 e. The SMILES string of the molecule is CCOC(=O)C(C)(NC1CC1)c1ccc(Br)cc1. The van der Waals surface area contributed by atoms with E-state index >= 15 is 0 Å². The van der Waals surface area contributed by atoms with Crippen molar-refractivity contribution < 1.29 is 9.53 Å². The van der Waals surface area contributed by atoms with Gasteiger partial charge >= 0.3 is 5.97 Å². The quantitative estimate of drug-likeness (QED) is 0.850. The number of halogens is 1. The van der Waals surface area contributed by atoms with E-state index in [4.69, 9.17) is 4.74 Å². The van der Waals surface area contributed by atoms with Crippen molar-refractivity contribution >= 4 is 21.9 Å². The number of carbonyl (C=O) groups is 1. The van der Waals surface area contributed by atoms with Gasteiger partial charge in [0, 0.05) is 10.5 Å². The molecule has 0 aliphatic heterocycles. The van der Waals surface area contributed by atoms with Crippen LogP contribution >= 0.6 is 15.9 Å². The predicted molar refractivity (Wildman–Crippen MR) is 74.3 cm³/mol. The van der Waals surface area contributed by atoms with Crippen LogP contribution in [-0.4, -0.2) is 18.6 Å². The van der Waals surface area contributed by atoms with E-state index in [1.165, 1.54) is 0 Å². The van der Waals surface area contributed by atoms with Gasteiger partial charge in [-0.1, -0.05) is 28.1 Å². The first-order valence-corrected chi connectivity index (χ1v) is 7.06. The first kappa shape index (κ1) is 13.6. The number of benzene rings is 1. The summed E-state index contributed by atoms with van der Waals surface area (Å²) in [5.41, 5.74) is 0.189. The molecule has 1 aliphatic carbocycles. The lowest BCUT2D eigenvalue weighted by molar-refractivity contribution is -0.151. The minimum atomic E-state index is -0.752. The molecular formula is C14H18BrNO2. The van der Waals surface area contributed by atoms with Crippen molar-refractivity contribution in [2.24, 2.45) is 0 Å². The van der Waals surface area contributed by atoms with Crippen LogP contribution in [0.1, 0.15) is 32.3 Å². The Morgan fingerprint density at radius 3 is 2.56 bits per heavy atom. The second kappa shape index (κ2) is 5.41. The molecule has 1 aromatic carbocycles. The molecule has 98 valence electrons. The van der Waals surface area contributed by atoms with Gasteiger partial charge in [-0.25, -0.2) is 4.79 Å². The smallest absolute Gasteiger partial charge is 0.330 e. The third-order valence-electron chi connectivity index (χ3n) is 3.18. The molecule has 0 amide bonds. The Balaban J connectivity index is 2.27. The second-order valence-electron chi connectivity index (χ2n) is 4.77. The van der Waals surface area contributed by atoms with Gasteiger partial charge in [0.05, 0.1) is 6.61 Å². The minimum absolute atomic E-state index is 0.209. The molecule has 1 unspecified atom stereocenters. The highest BCUT2D eigenvalue weighted by molar-refractivity contribution is 9.10. The number of rotatable bonds is 5. The first-order valence-electron chi connectivity index (χ1n) is 6.27. The number of ether oxygens (including phenoxy) is 1. The molecule has 0 heterocycles. The van der Waals surface area contributed by atoms with E-state index in [1.54, 1.807) is 0 Å². The van der Waals surface area contributed by atoms with Crippen molar-refractivity contribution in [3.8, 4) is 0 Å². The standard InChI is InChI=1S/C14H18BrNO2/c1-3-18-13(17)14(2,16-12-8-9-12)10-4-6-11(15)7-5-10/h4-7,12,16H,3,8-9H2,1-2H3. The van der Waals surface area contributed by atoms with Gasteiger partial charge in [0.1, 0.15) is 5.54 Å². The maximum absolute atomic E-state index is 12.2. The average molecular weight is 312 g/mol. The van der Waals surface area contributed by atoms with Gasteiger partial charge in [0.2, 0.25) is 0 Å². The van der Waals surface area contributed by atoms with Crippen LogP contribution in [0, 0.1) is 0 Å². The summed E-state index contributed by atoms with van der Waals surface area (Å²) in [6, 6.07) is 8.23. The predicted octanol–water partition coefficient (Wildman–Crippen LogP) is 2.98. The molecule has 0 radical (unpaired) electrons. The molecule has 1 N–H and O–H groups in total. The van der Waals surface area contributed by atoms with E-state index in [2.05, 4.69) is 21.2 Å². The van der Waals surface area contributed by atoms with Gasteiger partial charge in [-0.2, -0.15) is 0 Å². The molecule has 0 bridgehead atoms. The van der Waals surface area contributed by atoms with Crippen molar-refractivity contribution in [1.29, 1.82) is 0 Å². The topological polar surface area (TPSA) is 38.3 Å². The molecule has 18 heavy (non-hydrogen) atoms. The van der Waals surface area contributed by atoms with Crippen LogP contribution in [-0.2, 0) is 15.1 Å². The van der Waals surface area contributed by atoms with E-state index < -0.39 is 5.54 Å². The van der Waals surface area contributed by atoms with E-state index in [0.29, 0.717) is 12.6 Å². The Bertz CT molecular complexity index is 428. The Kier molecular flexibility index (Phi) is 4.07. The Morgan fingerprint density at radius 2 is 2.06 bits per heavy atom. The van der Waals surface area contributed by atoms with Crippen LogP contribution in [0.3, 0.4) is 0 Å². The molecule has 1 aromatic rings. The lowest BCUT2D eigenvalue weighted by Gasteiger charge is -2.29. The lowest BCUT2D eigenvalue weighted by atomic mass is 9.92. The average Bonchev–Trinajstić information content (AvgIpc) is 3.14. The summed E-state index contributed by atoms with van der Waals surface area (Å²) in [4.78, 5) is 12.2. The zero-order valence-corrected chi connectivity index (χ0v) is 12.3. The van der Waals surface area contributed by atoms with Gasteiger partial charge in [0.25, 0.3) is 0 Å². The first-order chi connectivity index (χ1) is 8.56. The van der Waals surface area contributed by atoms with Crippen molar-refractivity contribution in [2.45, 2.75) is 38.3 Å². The summed E-state index contributed by atoms with van der Waals surface area (Å²) in [6.07, 6.45) is 2.26. The molecule has 1 aliphatic rings. The normalized spacial score (nSPS) is 18.2. The molecule has 4 heteroatoms. The molecular weight excluding hydrogens is 294 g/mol. The minimum Gasteiger partial charge on any atom is -0.464 e. The van der Waals surface area contributed by atoms with Crippen molar-refractivity contribution in [1.82, 2.24) is 5.32 Å². The van der Waals surface area contributed by atoms with E-state index in [9.17, 15) is 4.79 Å². The number of esters is 1. The molecule has 1 atom stereocenters. The van der Waals surface area contributed by atoms with Gasteiger partial charge < -0.3 is 4.74 Å². The number of hydrogen-bond donors (Lipinski definition) is 1. The fraction of sp³-hybridized carbons (Fsp3) is 0.500. The van der Waals surface area contributed by atoms with Crippen molar-refractivity contribution in [2.75, 3.05) is 6.61 Å². The van der Waals surface area contributed by atoms with Gasteiger partial charge in [-0.15, -0.1) is 0 Å². The molecule has 1 saturated carbocycles. The van der Waals surface area contributed by atoms with Gasteiger partial charge in [0.15, 0.2) is 0 Å². The summed E-state index contributed by atoms with van der Waals surface area (Å²) in [5.74, 6) is -0.209. The second-order valence-corrected chi connectivity index (χ2v) is 5.69. The third-order valence-corrected chi connectivity index (χ3v) is 3.70. The van der Waals surface area contributed by atoms with Crippen LogP contribution in [0.25, 0.3) is 0 Å². The van der Waals surface area contributed by atoms with Crippen LogP contribution < -0.4 is 5.32 Å². The summed E-state index contributed by atoms with van der Waals surface area (Å²) in [5, 5.41) is 3.40. The summed E-state index contributed by atoms with van der Waals surface area (Å²) >= 11 is 3.41. The van der Waals surface area contributed by atoms with E-state index in [-0.39, 0.29) is 5.97 Å². The zero-order chi connectivity index (χ0) is 13.2. The Hall–Kier alpha value is -0.870. The van der Waals surface area contributed by atoms with Gasteiger partial charge in [-0.05, 0) is 44.4 Å². The van der Waals surface area contributed by atoms with E-state index in [1.807, 2.05) is 38.1 Å². The molecule has 0 spiro atoms. The summed E-state index contributed by atoms with van der Waals surface area (Å²) < 4.78 is 6.21. The molecule has 2 rings (SSSR count). The van der Waals surface area contributed by atoms with Gasteiger partial charge in [-0.3, -0.25) is 5.32 Å². The van der Waals surface area contributed by atoms with Crippen LogP contribution in [0.2, 0.25) is 0 Å². The largest absolute Gasteiger partial charge is 0.464 e. The third kappa shape index (κ3) is 2.93. The van der Waals surface area contributed by atoms with E-state index in [0.717, 1.165) is 22.9 Å². The fourth-order valence-corrected chi connectivity index (χ4v) is 2.22. The van der Waals surface area contributed by atoms with Crippen molar-refractivity contribution in [3.63, 3.8) is 0 Å². The van der Waals surface area contributed by atoms with Crippen LogP contribution in [0.5, 0.6) is 0 Å². The maximum atomic E-state index is 12.2. The highest BCUT2D eigenvalue weighted by Gasteiger charge is 2.41. The monoisotopic (exact) mass is 311 g/mol. The lowest BCUT2D eigenvalue weighted by Crippen LogP contribution is -2.48. The number of hydrogen-bond acceptors (Lipinski definition) is 3. The zero-order valence-electron chi connectivity index (χ0n) is 10.7. The number of nitrogens with one attached hydrogen (secondary N) is 1. The summed E-state index contributed by atoms with van der Waals surface area (Å²) in [6.45, 7) is 4.13. The molecule has 0 aromatic heterocycles. The van der Waals surface area contributed by atoms with Crippen molar-refractivity contribution in [3.05, 3.63) is 34.3 Å². The molecule has 3 nitrogen and oxygen atoms in total. The highest BCUT2D eigenvalue weighted by atomic mass is 79.9. The highest BCUT2D eigenvalue weighted by Crippen LogP contribution is 2.30.